The van der Waals surface area contributed by atoms with Crippen molar-refractivity contribution in [2.24, 2.45) is 17.6 Å². The largest absolute Gasteiger partial charge is 0.330 e. The van der Waals surface area contributed by atoms with Gasteiger partial charge < -0.3 is 5.73 Å². The summed E-state index contributed by atoms with van der Waals surface area (Å²) in [6.07, 6.45) is 1.25. The second kappa shape index (κ2) is 6.91. The average molecular weight is 223 g/mol. The van der Waals surface area contributed by atoms with Crippen molar-refractivity contribution in [1.29, 1.82) is 0 Å². The molecule has 0 aliphatic carbocycles. The summed E-state index contributed by atoms with van der Waals surface area (Å²) in [6.45, 7) is 5.33. The Labute approximate surface area is 97.4 Å². The van der Waals surface area contributed by atoms with Crippen molar-refractivity contribution in [3.8, 4) is 0 Å². The van der Waals surface area contributed by atoms with Gasteiger partial charge in [0.05, 0.1) is 0 Å². The number of hydrogen-bond acceptors (Lipinski definition) is 2. The Morgan fingerprint density at radius 3 is 2.40 bits per heavy atom. The van der Waals surface area contributed by atoms with Crippen molar-refractivity contribution in [2.75, 3.05) is 12.3 Å². The summed E-state index contributed by atoms with van der Waals surface area (Å²) in [4.78, 5) is 1.37. The third-order valence-electron chi connectivity index (χ3n) is 2.93. The molecule has 0 saturated carbocycles. The van der Waals surface area contributed by atoms with Crippen molar-refractivity contribution in [2.45, 2.75) is 25.2 Å². The predicted molar refractivity (Wildman–Crippen MR) is 69.2 cm³/mol. The van der Waals surface area contributed by atoms with E-state index in [2.05, 4.69) is 44.2 Å². The Morgan fingerprint density at radius 1 is 1.13 bits per heavy atom. The highest BCUT2D eigenvalue weighted by molar-refractivity contribution is 7.99. The van der Waals surface area contributed by atoms with Crippen molar-refractivity contribution < 1.29 is 0 Å². The SMILES string of the molecule is CC(CN)C(C)CCSc1ccccc1. The molecule has 0 aliphatic rings. The molecule has 1 aromatic rings. The van der Waals surface area contributed by atoms with Crippen molar-refractivity contribution in [3.63, 3.8) is 0 Å². The predicted octanol–water partition coefficient (Wildman–Crippen LogP) is 3.40. The van der Waals surface area contributed by atoms with Gasteiger partial charge in [-0.25, -0.2) is 0 Å². The molecule has 0 aromatic heterocycles. The Morgan fingerprint density at radius 2 is 1.80 bits per heavy atom. The Balaban J connectivity index is 2.22. The molecule has 0 radical (unpaired) electrons. The van der Waals surface area contributed by atoms with Crippen LogP contribution in [0.15, 0.2) is 35.2 Å². The van der Waals surface area contributed by atoms with E-state index in [1.807, 2.05) is 11.8 Å². The van der Waals surface area contributed by atoms with E-state index in [1.54, 1.807) is 0 Å². The number of rotatable bonds is 6. The molecule has 1 aromatic carbocycles. The maximum Gasteiger partial charge on any atom is 0.00719 e. The number of thioether (sulfide) groups is 1. The Hall–Kier alpha value is -0.470. The van der Waals surface area contributed by atoms with Gasteiger partial charge in [-0.3, -0.25) is 0 Å². The fourth-order valence-electron chi connectivity index (χ4n) is 1.40. The van der Waals surface area contributed by atoms with E-state index >= 15 is 0 Å². The van der Waals surface area contributed by atoms with Gasteiger partial charge in [0.25, 0.3) is 0 Å². The van der Waals surface area contributed by atoms with Crippen LogP contribution < -0.4 is 5.73 Å². The Kier molecular flexibility index (Phi) is 5.81. The van der Waals surface area contributed by atoms with Crippen LogP contribution in [0, 0.1) is 11.8 Å². The number of hydrogen-bond donors (Lipinski definition) is 1. The molecule has 0 bridgehead atoms. The lowest BCUT2D eigenvalue weighted by molar-refractivity contribution is 0.388. The molecule has 0 amide bonds. The minimum Gasteiger partial charge on any atom is -0.330 e. The lowest BCUT2D eigenvalue weighted by Crippen LogP contribution is -2.18. The van der Waals surface area contributed by atoms with E-state index in [-0.39, 0.29) is 0 Å². The normalized spacial score (nSPS) is 14.9. The molecule has 2 atom stereocenters. The van der Waals surface area contributed by atoms with Crippen LogP contribution >= 0.6 is 11.8 Å². The van der Waals surface area contributed by atoms with Gasteiger partial charge in [-0.1, -0.05) is 32.0 Å². The topological polar surface area (TPSA) is 26.0 Å². The van der Waals surface area contributed by atoms with E-state index in [4.69, 9.17) is 5.73 Å². The van der Waals surface area contributed by atoms with Crippen LogP contribution in [0.5, 0.6) is 0 Å². The summed E-state index contributed by atoms with van der Waals surface area (Å²) in [7, 11) is 0. The zero-order valence-electron chi connectivity index (χ0n) is 9.65. The van der Waals surface area contributed by atoms with Crippen LogP contribution in [-0.4, -0.2) is 12.3 Å². The summed E-state index contributed by atoms with van der Waals surface area (Å²) in [5.74, 6) is 2.56. The highest BCUT2D eigenvalue weighted by atomic mass is 32.2. The lowest BCUT2D eigenvalue weighted by atomic mass is 9.94. The van der Waals surface area contributed by atoms with Crippen LogP contribution in [0.4, 0.5) is 0 Å². The smallest absolute Gasteiger partial charge is 0.00719 e. The van der Waals surface area contributed by atoms with E-state index in [1.165, 1.54) is 17.1 Å². The van der Waals surface area contributed by atoms with Gasteiger partial charge in [-0.2, -0.15) is 0 Å². The highest BCUT2D eigenvalue weighted by Crippen LogP contribution is 2.22. The number of nitrogens with two attached hydrogens (primary N) is 1. The summed E-state index contributed by atoms with van der Waals surface area (Å²) < 4.78 is 0. The molecule has 2 N–H and O–H groups in total. The second-order valence-corrected chi connectivity index (χ2v) is 5.31. The molecule has 15 heavy (non-hydrogen) atoms. The third-order valence-corrected chi connectivity index (χ3v) is 3.97. The zero-order valence-corrected chi connectivity index (χ0v) is 10.5. The molecule has 2 heteroatoms. The molecule has 0 aliphatic heterocycles. The fraction of sp³-hybridized carbons (Fsp3) is 0.538. The molecule has 2 unspecified atom stereocenters. The highest BCUT2D eigenvalue weighted by Gasteiger charge is 2.09. The van der Waals surface area contributed by atoms with Crippen LogP contribution in [0.3, 0.4) is 0 Å². The van der Waals surface area contributed by atoms with E-state index in [0.717, 1.165) is 12.5 Å². The zero-order chi connectivity index (χ0) is 11.1. The van der Waals surface area contributed by atoms with E-state index < -0.39 is 0 Å². The standard InChI is InChI=1S/C13H21NS/c1-11(12(2)10-14)8-9-15-13-6-4-3-5-7-13/h3-7,11-12H,8-10,14H2,1-2H3. The summed E-state index contributed by atoms with van der Waals surface area (Å²) >= 11 is 1.94. The first-order valence-electron chi connectivity index (χ1n) is 5.62. The van der Waals surface area contributed by atoms with Gasteiger partial charge >= 0.3 is 0 Å². The van der Waals surface area contributed by atoms with E-state index in [9.17, 15) is 0 Å². The minimum absolute atomic E-state index is 0.640. The summed E-state index contributed by atoms with van der Waals surface area (Å²) in [5.41, 5.74) is 5.65. The number of benzene rings is 1. The van der Waals surface area contributed by atoms with Crippen molar-refractivity contribution in [1.82, 2.24) is 0 Å². The molecule has 1 nitrogen and oxygen atoms in total. The van der Waals surface area contributed by atoms with Crippen LogP contribution in [0.25, 0.3) is 0 Å². The first-order chi connectivity index (χ1) is 7.24. The van der Waals surface area contributed by atoms with Gasteiger partial charge in [0.2, 0.25) is 0 Å². The lowest BCUT2D eigenvalue weighted by Gasteiger charge is -2.17. The fourth-order valence-corrected chi connectivity index (χ4v) is 2.47. The van der Waals surface area contributed by atoms with E-state index in [0.29, 0.717) is 5.92 Å². The van der Waals surface area contributed by atoms with Gasteiger partial charge in [-0.05, 0) is 42.7 Å². The van der Waals surface area contributed by atoms with Gasteiger partial charge in [0, 0.05) is 4.90 Å². The molecule has 0 fully saturated rings. The van der Waals surface area contributed by atoms with Gasteiger partial charge in [-0.15, -0.1) is 11.8 Å². The quantitative estimate of drug-likeness (QED) is 0.748. The minimum atomic E-state index is 0.640. The second-order valence-electron chi connectivity index (χ2n) is 4.14. The Bertz CT molecular complexity index is 260. The summed E-state index contributed by atoms with van der Waals surface area (Å²) in [5, 5.41) is 0. The molecule has 0 spiro atoms. The third kappa shape index (κ3) is 4.72. The first kappa shape index (κ1) is 12.6. The van der Waals surface area contributed by atoms with Crippen molar-refractivity contribution >= 4 is 11.8 Å². The molecule has 1 rings (SSSR count). The molecule has 84 valence electrons. The van der Waals surface area contributed by atoms with Crippen LogP contribution in [0.1, 0.15) is 20.3 Å². The summed E-state index contributed by atoms with van der Waals surface area (Å²) in [6, 6.07) is 10.6. The maximum absolute atomic E-state index is 5.65. The molecule has 0 heterocycles. The van der Waals surface area contributed by atoms with Gasteiger partial charge in [0.1, 0.15) is 0 Å². The monoisotopic (exact) mass is 223 g/mol. The van der Waals surface area contributed by atoms with Crippen LogP contribution in [-0.2, 0) is 0 Å². The average Bonchev–Trinajstić information content (AvgIpc) is 2.29. The maximum atomic E-state index is 5.65. The molecule has 0 saturated heterocycles. The molecular formula is C13H21NS. The van der Waals surface area contributed by atoms with Crippen molar-refractivity contribution in [3.05, 3.63) is 30.3 Å². The molecular weight excluding hydrogens is 202 g/mol. The first-order valence-corrected chi connectivity index (χ1v) is 6.60. The van der Waals surface area contributed by atoms with Gasteiger partial charge in [0.15, 0.2) is 0 Å². The van der Waals surface area contributed by atoms with Crippen LogP contribution in [0.2, 0.25) is 0 Å².